The molecule has 8 heteroatoms. The highest BCUT2D eigenvalue weighted by Crippen LogP contribution is 2.31. The lowest BCUT2D eigenvalue weighted by Gasteiger charge is -2.21. The molecular formula is C30H35N3O5. The first-order valence-corrected chi connectivity index (χ1v) is 13.4. The number of carbonyl (C=O) groups is 4. The van der Waals surface area contributed by atoms with Gasteiger partial charge in [0.1, 0.15) is 6.54 Å². The van der Waals surface area contributed by atoms with Gasteiger partial charge in [0.05, 0.1) is 12.2 Å². The van der Waals surface area contributed by atoms with Crippen LogP contribution < -0.4 is 5.32 Å². The van der Waals surface area contributed by atoms with Gasteiger partial charge in [0, 0.05) is 41.4 Å². The lowest BCUT2D eigenvalue weighted by molar-refractivity contribution is -0.143. The summed E-state index contributed by atoms with van der Waals surface area (Å²) in [5, 5.41) is 3.38. The number of aryl methyl sites for hydroxylation is 1. The number of fused-ring (bicyclic) bond motifs is 1. The number of benzene rings is 2. The molecule has 0 aliphatic heterocycles. The van der Waals surface area contributed by atoms with Crippen LogP contribution in [-0.2, 0) is 27.3 Å². The van der Waals surface area contributed by atoms with E-state index in [0.29, 0.717) is 41.2 Å². The number of esters is 1. The maximum atomic E-state index is 13.5. The number of hydrogen-bond acceptors (Lipinski definition) is 5. The Morgan fingerprint density at radius 3 is 2.39 bits per heavy atom. The van der Waals surface area contributed by atoms with Crippen molar-refractivity contribution >= 4 is 40.2 Å². The molecule has 1 fully saturated rings. The van der Waals surface area contributed by atoms with Crippen molar-refractivity contribution in [2.45, 2.75) is 53.0 Å². The van der Waals surface area contributed by atoms with Crippen molar-refractivity contribution in [3.05, 3.63) is 65.4 Å². The molecule has 1 saturated carbocycles. The summed E-state index contributed by atoms with van der Waals surface area (Å²) in [6, 6.07) is 12.5. The van der Waals surface area contributed by atoms with Crippen LogP contribution in [0.25, 0.3) is 10.9 Å². The van der Waals surface area contributed by atoms with E-state index < -0.39 is 17.7 Å². The van der Waals surface area contributed by atoms with E-state index in [1.54, 1.807) is 46.7 Å². The van der Waals surface area contributed by atoms with E-state index in [4.69, 9.17) is 4.74 Å². The zero-order valence-electron chi connectivity index (χ0n) is 22.3. The van der Waals surface area contributed by atoms with Gasteiger partial charge in [0.15, 0.2) is 0 Å². The predicted molar refractivity (Wildman–Crippen MR) is 146 cm³/mol. The van der Waals surface area contributed by atoms with Gasteiger partial charge in [-0.15, -0.1) is 0 Å². The zero-order valence-corrected chi connectivity index (χ0v) is 22.3. The second kappa shape index (κ2) is 12.1. The summed E-state index contributed by atoms with van der Waals surface area (Å²) in [5.41, 5.74) is 2.95. The van der Waals surface area contributed by atoms with E-state index in [2.05, 4.69) is 12.2 Å². The Hall–Kier alpha value is -3.94. The molecular weight excluding hydrogens is 482 g/mol. The summed E-state index contributed by atoms with van der Waals surface area (Å²) >= 11 is 0. The van der Waals surface area contributed by atoms with Crippen LogP contribution in [0, 0.1) is 5.92 Å². The first-order valence-electron chi connectivity index (χ1n) is 13.4. The first-order chi connectivity index (χ1) is 18.3. The Labute approximate surface area is 222 Å². The highest BCUT2D eigenvalue weighted by atomic mass is 16.5. The minimum absolute atomic E-state index is 0.0952. The minimum Gasteiger partial charge on any atom is -0.465 e. The third-order valence-corrected chi connectivity index (χ3v) is 6.76. The summed E-state index contributed by atoms with van der Waals surface area (Å²) in [6.45, 7) is 7.00. The third-order valence-electron chi connectivity index (χ3n) is 6.76. The fourth-order valence-corrected chi connectivity index (χ4v) is 4.54. The van der Waals surface area contributed by atoms with Crippen molar-refractivity contribution in [3.8, 4) is 0 Å². The molecule has 3 aromatic rings. The maximum absolute atomic E-state index is 13.5. The van der Waals surface area contributed by atoms with Crippen molar-refractivity contribution < 1.29 is 23.9 Å². The summed E-state index contributed by atoms with van der Waals surface area (Å²) in [5.74, 6) is -1.43. The molecule has 200 valence electrons. The van der Waals surface area contributed by atoms with E-state index in [0.717, 1.165) is 31.2 Å². The molecule has 0 unspecified atom stereocenters. The number of carbonyl (C=O) groups excluding carboxylic acids is 4. The van der Waals surface area contributed by atoms with E-state index in [1.165, 1.54) is 6.20 Å². The molecule has 1 aromatic heterocycles. The van der Waals surface area contributed by atoms with Crippen LogP contribution in [-0.4, -0.2) is 52.7 Å². The standard InChI is InChI=1S/C30H35N3O5/c1-4-15-32(17-21-7-8-21)30(37)28(35)25-18-33(19-27(34)38-6-3)26-14-13-23(16-24(25)26)31-29(36)22-11-9-20(5-2)10-12-22/h9-14,16,18,21H,4-8,15,17,19H2,1-3H3,(H,31,36). The van der Waals surface area contributed by atoms with E-state index in [1.807, 2.05) is 19.1 Å². The number of nitrogens with one attached hydrogen (secondary N) is 1. The van der Waals surface area contributed by atoms with Crippen LogP contribution in [0.15, 0.2) is 48.7 Å². The van der Waals surface area contributed by atoms with E-state index in [9.17, 15) is 19.2 Å². The lowest BCUT2D eigenvalue weighted by atomic mass is 10.1. The highest BCUT2D eigenvalue weighted by Gasteiger charge is 2.31. The maximum Gasteiger partial charge on any atom is 0.325 e. The number of nitrogens with zero attached hydrogens (tertiary/aromatic N) is 2. The number of hydrogen-bond donors (Lipinski definition) is 1. The third kappa shape index (κ3) is 6.30. The number of ether oxygens (including phenoxy) is 1. The Morgan fingerprint density at radius 1 is 1.03 bits per heavy atom. The smallest absolute Gasteiger partial charge is 0.325 e. The Balaban J connectivity index is 1.66. The van der Waals surface area contributed by atoms with Gasteiger partial charge in [0.2, 0.25) is 0 Å². The molecule has 2 aromatic carbocycles. The van der Waals surface area contributed by atoms with Crippen LogP contribution in [0.2, 0.25) is 0 Å². The second-order valence-electron chi connectivity index (χ2n) is 9.74. The molecule has 1 N–H and O–H groups in total. The largest absolute Gasteiger partial charge is 0.465 e. The molecule has 0 saturated heterocycles. The molecule has 38 heavy (non-hydrogen) atoms. The van der Waals surface area contributed by atoms with E-state index in [-0.39, 0.29) is 24.6 Å². The molecule has 8 nitrogen and oxygen atoms in total. The van der Waals surface area contributed by atoms with Crippen molar-refractivity contribution in [2.24, 2.45) is 5.92 Å². The van der Waals surface area contributed by atoms with Crippen LogP contribution in [0.4, 0.5) is 5.69 Å². The lowest BCUT2D eigenvalue weighted by Crippen LogP contribution is -2.38. The van der Waals surface area contributed by atoms with Crippen molar-refractivity contribution in [1.82, 2.24) is 9.47 Å². The molecule has 0 bridgehead atoms. The predicted octanol–water partition coefficient (Wildman–Crippen LogP) is 4.85. The summed E-state index contributed by atoms with van der Waals surface area (Å²) in [4.78, 5) is 53.5. The average molecular weight is 518 g/mol. The molecule has 4 rings (SSSR count). The van der Waals surface area contributed by atoms with Gasteiger partial charge in [0.25, 0.3) is 17.6 Å². The Morgan fingerprint density at radius 2 is 1.76 bits per heavy atom. The number of rotatable bonds is 12. The Kier molecular flexibility index (Phi) is 8.61. The number of Topliss-reactive ketones (excluding diaryl/α,β-unsaturated/α-hetero) is 1. The average Bonchev–Trinajstić information content (AvgIpc) is 3.67. The minimum atomic E-state index is -0.620. The van der Waals surface area contributed by atoms with Gasteiger partial charge < -0.3 is 19.5 Å². The molecule has 0 radical (unpaired) electrons. The quantitative estimate of drug-likeness (QED) is 0.210. The van der Waals surface area contributed by atoms with Gasteiger partial charge >= 0.3 is 5.97 Å². The molecule has 0 spiro atoms. The molecule has 0 atom stereocenters. The van der Waals surface area contributed by atoms with Crippen molar-refractivity contribution in [2.75, 3.05) is 25.0 Å². The number of amides is 2. The van der Waals surface area contributed by atoms with Crippen LogP contribution in [0.5, 0.6) is 0 Å². The molecule has 1 aliphatic carbocycles. The Bertz CT molecular complexity index is 1340. The number of anilines is 1. The number of ketones is 1. The summed E-state index contributed by atoms with van der Waals surface area (Å²) in [7, 11) is 0. The van der Waals surface area contributed by atoms with Gasteiger partial charge in [-0.2, -0.15) is 0 Å². The number of aromatic nitrogens is 1. The van der Waals surface area contributed by atoms with Gasteiger partial charge in [-0.05, 0) is 74.4 Å². The van der Waals surface area contributed by atoms with Crippen molar-refractivity contribution in [3.63, 3.8) is 0 Å². The second-order valence-corrected chi connectivity index (χ2v) is 9.74. The fourth-order valence-electron chi connectivity index (χ4n) is 4.54. The SMILES string of the molecule is CCCN(CC1CC1)C(=O)C(=O)c1cn(CC(=O)OCC)c2ccc(NC(=O)c3ccc(CC)cc3)cc12. The summed E-state index contributed by atoms with van der Waals surface area (Å²) < 4.78 is 6.72. The van der Waals surface area contributed by atoms with Crippen LogP contribution in [0.1, 0.15) is 66.3 Å². The van der Waals surface area contributed by atoms with E-state index >= 15 is 0 Å². The van der Waals surface area contributed by atoms with Gasteiger partial charge in [-0.3, -0.25) is 19.2 Å². The van der Waals surface area contributed by atoms with Crippen LogP contribution in [0.3, 0.4) is 0 Å². The summed E-state index contributed by atoms with van der Waals surface area (Å²) in [6.07, 6.45) is 5.33. The normalized spacial score (nSPS) is 12.8. The molecule has 1 heterocycles. The van der Waals surface area contributed by atoms with Crippen LogP contribution >= 0.6 is 0 Å². The van der Waals surface area contributed by atoms with Gasteiger partial charge in [-0.1, -0.05) is 26.0 Å². The topological polar surface area (TPSA) is 97.7 Å². The van der Waals surface area contributed by atoms with Gasteiger partial charge in [-0.25, -0.2) is 0 Å². The van der Waals surface area contributed by atoms with Crippen molar-refractivity contribution in [1.29, 1.82) is 0 Å². The highest BCUT2D eigenvalue weighted by molar-refractivity contribution is 6.45. The first kappa shape index (κ1) is 27.1. The zero-order chi connectivity index (χ0) is 27.2. The monoisotopic (exact) mass is 517 g/mol. The fraction of sp³-hybridized carbons (Fsp3) is 0.400. The molecule has 1 aliphatic rings. The molecule has 2 amide bonds.